The zero-order chi connectivity index (χ0) is 13.8. The van der Waals surface area contributed by atoms with Crippen molar-refractivity contribution in [2.24, 2.45) is 11.8 Å². The van der Waals surface area contributed by atoms with Crippen molar-refractivity contribution in [2.45, 2.75) is 52.4 Å². The van der Waals surface area contributed by atoms with Crippen molar-refractivity contribution in [3.8, 4) is 5.88 Å². The molecule has 0 saturated heterocycles. The Balaban J connectivity index is 2.05. The van der Waals surface area contributed by atoms with Gasteiger partial charge in [0.1, 0.15) is 11.6 Å². The number of nitrogens with one attached hydrogen (secondary N) is 1. The Morgan fingerprint density at radius 3 is 2.63 bits per heavy atom. The second-order valence-corrected chi connectivity index (χ2v) is 5.59. The molecule has 0 spiro atoms. The van der Waals surface area contributed by atoms with Crippen molar-refractivity contribution in [2.75, 3.05) is 12.0 Å². The van der Waals surface area contributed by atoms with Gasteiger partial charge in [-0.3, -0.25) is 0 Å². The van der Waals surface area contributed by atoms with E-state index in [9.17, 15) is 0 Å². The van der Waals surface area contributed by atoms with Crippen molar-refractivity contribution in [3.05, 3.63) is 11.4 Å². The van der Waals surface area contributed by atoms with E-state index >= 15 is 0 Å². The SMILES string of the molecule is Cc1c(NN)nc(C(C)C)nc1OCCC1CCC1. The largest absolute Gasteiger partial charge is 0.477 e. The Kier molecular flexibility index (Phi) is 4.58. The number of aromatic nitrogens is 2. The summed E-state index contributed by atoms with van der Waals surface area (Å²) < 4.78 is 5.83. The van der Waals surface area contributed by atoms with Crippen LogP contribution in [0.15, 0.2) is 0 Å². The fourth-order valence-corrected chi connectivity index (χ4v) is 2.16. The van der Waals surface area contributed by atoms with Crippen LogP contribution < -0.4 is 16.0 Å². The highest BCUT2D eigenvalue weighted by Crippen LogP contribution is 2.30. The van der Waals surface area contributed by atoms with Crippen LogP contribution in [0.1, 0.15) is 56.8 Å². The molecule has 0 aliphatic heterocycles. The molecule has 5 nitrogen and oxygen atoms in total. The first-order valence-electron chi connectivity index (χ1n) is 7.09. The van der Waals surface area contributed by atoms with E-state index < -0.39 is 0 Å². The third-order valence-electron chi connectivity index (χ3n) is 3.76. The molecule has 0 atom stereocenters. The smallest absolute Gasteiger partial charge is 0.221 e. The average molecular weight is 264 g/mol. The zero-order valence-electron chi connectivity index (χ0n) is 12.1. The summed E-state index contributed by atoms with van der Waals surface area (Å²) >= 11 is 0. The van der Waals surface area contributed by atoms with Gasteiger partial charge in [0.2, 0.25) is 5.88 Å². The van der Waals surface area contributed by atoms with Gasteiger partial charge in [-0.05, 0) is 19.3 Å². The van der Waals surface area contributed by atoms with E-state index in [0.717, 1.165) is 30.3 Å². The Morgan fingerprint density at radius 2 is 2.11 bits per heavy atom. The molecule has 0 radical (unpaired) electrons. The van der Waals surface area contributed by atoms with E-state index in [1.54, 1.807) is 0 Å². The summed E-state index contributed by atoms with van der Waals surface area (Å²) in [7, 11) is 0. The maximum atomic E-state index is 5.83. The molecule has 1 aromatic heterocycles. The Hall–Kier alpha value is -1.36. The van der Waals surface area contributed by atoms with Gasteiger partial charge in [0.05, 0.1) is 12.2 Å². The van der Waals surface area contributed by atoms with E-state index in [0.29, 0.717) is 11.7 Å². The summed E-state index contributed by atoms with van der Waals surface area (Å²) in [5.74, 6) is 8.67. The fraction of sp³-hybridized carbons (Fsp3) is 0.714. The van der Waals surface area contributed by atoms with Crippen LogP contribution in [0.25, 0.3) is 0 Å². The van der Waals surface area contributed by atoms with Crippen LogP contribution in [0.5, 0.6) is 5.88 Å². The molecule has 0 unspecified atom stereocenters. The molecule has 1 saturated carbocycles. The summed E-state index contributed by atoms with van der Waals surface area (Å²) in [6.45, 7) is 6.77. The van der Waals surface area contributed by atoms with Crippen LogP contribution in [0.3, 0.4) is 0 Å². The summed E-state index contributed by atoms with van der Waals surface area (Å²) in [6.07, 6.45) is 5.18. The zero-order valence-corrected chi connectivity index (χ0v) is 12.1. The van der Waals surface area contributed by atoms with Crippen LogP contribution in [-0.4, -0.2) is 16.6 Å². The standard InChI is InChI=1S/C14H24N4O/c1-9(2)12-16-13(18-15)10(3)14(17-12)19-8-7-11-5-4-6-11/h9,11H,4-8,15H2,1-3H3,(H,16,17,18). The lowest BCUT2D eigenvalue weighted by Gasteiger charge is -2.25. The first kappa shape index (κ1) is 14.1. The van der Waals surface area contributed by atoms with Gasteiger partial charge in [-0.15, -0.1) is 0 Å². The minimum atomic E-state index is 0.252. The summed E-state index contributed by atoms with van der Waals surface area (Å²) in [4.78, 5) is 8.89. The number of nitrogens with two attached hydrogens (primary N) is 1. The lowest BCUT2D eigenvalue weighted by Crippen LogP contribution is -2.17. The highest BCUT2D eigenvalue weighted by molar-refractivity contribution is 5.47. The minimum absolute atomic E-state index is 0.252. The molecule has 0 aromatic carbocycles. The maximum Gasteiger partial charge on any atom is 0.221 e. The number of ether oxygens (including phenoxy) is 1. The van der Waals surface area contributed by atoms with E-state index in [2.05, 4.69) is 29.2 Å². The number of anilines is 1. The van der Waals surface area contributed by atoms with E-state index in [-0.39, 0.29) is 5.92 Å². The van der Waals surface area contributed by atoms with Crippen LogP contribution in [-0.2, 0) is 0 Å². The molecule has 106 valence electrons. The number of nitrogens with zero attached hydrogens (tertiary/aromatic N) is 2. The van der Waals surface area contributed by atoms with E-state index in [1.807, 2.05) is 6.92 Å². The second kappa shape index (κ2) is 6.19. The molecule has 1 fully saturated rings. The van der Waals surface area contributed by atoms with Crippen molar-refractivity contribution in [1.82, 2.24) is 9.97 Å². The highest BCUT2D eigenvalue weighted by Gasteiger charge is 2.18. The molecule has 2 rings (SSSR count). The Morgan fingerprint density at radius 1 is 1.37 bits per heavy atom. The minimum Gasteiger partial charge on any atom is -0.477 e. The van der Waals surface area contributed by atoms with Gasteiger partial charge in [-0.25, -0.2) is 10.8 Å². The Labute approximate surface area is 114 Å². The average Bonchev–Trinajstić information content (AvgIpc) is 2.33. The van der Waals surface area contributed by atoms with Gasteiger partial charge < -0.3 is 10.2 Å². The first-order valence-corrected chi connectivity index (χ1v) is 7.09. The van der Waals surface area contributed by atoms with Crippen LogP contribution >= 0.6 is 0 Å². The molecule has 19 heavy (non-hydrogen) atoms. The number of hydrazine groups is 1. The predicted octanol–water partition coefficient (Wildman–Crippen LogP) is 2.76. The van der Waals surface area contributed by atoms with Gasteiger partial charge in [0, 0.05) is 5.92 Å². The molecule has 1 heterocycles. The summed E-state index contributed by atoms with van der Waals surface area (Å²) in [6, 6.07) is 0. The number of hydrogen-bond acceptors (Lipinski definition) is 5. The molecular weight excluding hydrogens is 240 g/mol. The predicted molar refractivity (Wildman–Crippen MR) is 76.1 cm³/mol. The molecular formula is C14H24N4O. The third kappa shape index (κ3) is 3.35. The summed E-state index contributed by atoms with van der Waals surface area (Å²) in [5.41, 5.74) is 3.50. The van der Waals surface area contributed by atoms with Crippen LogP contribution in [0, 0.1) is 12.8 Å². The van der Waals surface area contributed by atoms with Gasteiger partial charge in [-0.1, -0.05) is 33.1 Å². The topological polar surface area (TPSA) is 73.1 Å². The van der Waals surface area contributed by atoms with Crippen molar-refractivity contribution < 1.29 is 4.74 Å². The highest BCUT2D eigenvalue weighted by atomic mass is 16.5. The number of hydrogen-bond donors (Lipinski definition) is 2. The van der Waals surface area contributed by atoms with Crippen LogP contribution in [0.4, 0.5) is 5.82 Å². The third-order valence-corrected chi connectivity index (χ3v) is 3.76. The first-order chi connectivity index (χ1) is 9.11. The Bertz CT molecular complexity index is 430. The molecule has 0 bridgehead atoms. The van der Waals surface area contributed by atoms with Gasteiger partial charge in [-0.2, -0.15) is 4.98 Å². The molecule has 1 aromatic rings. The fourth-order valence-electron chi connectivity index (χ4n) is 2.16. The van der Waals surface area contributed by atoms with E-state index in [4.69, 9.17) is 10.6 Å². The maximum absolute atomic E-state index is 5.83. The van der Waals surface area contributed by atoms with Gasteiger partial charge in [0.25, 0.3) is 0 Å². The number of nitrogen functional groups attached to an aromatic ring is 1. The molecule has 5 heteroatoms. The van der Waals surface area contributed by atoms with Crippen LogP contribution in [0.2, 0.25) is 0 Å². The lowest BCUT2D eigenvalue weighted by molar-refractivity contribution is 0.216. The monoisotopic (exact) mass is 264 g/mol. The second-order valence-electron chi connectivity index (χ2n) is 5.59. The normalized spacial score (nSPS) is 15.4. The molecule has 0 amide bonds. The molecule has 1 aliphatic rings. The summed E-state index contributed by atoms with van der Waals surface area (Å²) in [5, 5.41) is 0. The van der Waals surface area contributed by atoms with Gasteiger partial charge in [0.15, 0.2) is 0 Å². The lowest BCUT2D eigenvalue weighted by atomic mass is 9.83. The van der Waals surface area contributed by atoms with Crippen molar-refractivity contribution >= 4 is 5.82 Å². The van der Waals surface area contributed by atoms with Gasteiger partial charge >= 0.3 is 0 Å². The quantitative estimate of drug-likeness (QED) is 0.610. The number of rotatable bonds is 6. The van der Waals surface area contributed by atoms with Crippen molar-refractivity contribution in [3.63, 3.8) is 0 Å². The van der Waals surface area contributed by atoms with E-state index in [1.165, 1.54) is 19.3 Å². The van der Waals surface area contributed by atoms with Crippen molar-refractivity contribution in [1.29, 1.82) is 0 Å². The molecule has 1 aliphatic carbocycles. The molecule has 3 N–H and O–H groups in total.